The average molecular weight is 382 g/mol. The van der Waals surface area contributed by atoms with Gasteiger partial charge in [0.2, 0.25) is 5.78 Å². The molecule has 0 saturated heterocycles. The van der Waals surface area contributed by atoms with Crippen LogP contribution in [0.1, 0.15) is 56.1 Å². The van der Waals surface area contributed by atoms with Crippen molar-refractivity contribution in [1.82, 2.24) is 5.32 Å². The van der Waals surface area contributed by atoms with Crippen LogP contribution in [0.5, 0.6) is 0 Å². The van der Waals surface area contributed by atoms with E-state index in [9.17, 15) is 9.59 Å². The van der Waals surface area contributed by atoms with E-state index in [4.69, 9.17) is 0 Å². The number of rotatable bonds is 12. The minimum absolute atomic E-state index is 0.312. The molecule has 0 aliphatic heterocycles. The van der Waals surface area contributed by atoms with Crippen LogP contribution in [0, 0.1) is 0 Å². The van der Waals surface area contributed by atoms with Crippen molar-refractivity contribution in [1.29, 1.82) is 0 Å². The van der Waals surface area contributed by atoms with Gasteiger partial charge < -0.3 is 5.32 Å². The number of carbonyl (C=O) groups excluding carboxylic acids is 2. The van der Waals surface area contributed by atoms with E-state index in [0.29, 0.717) is 6.42 Å². The van der Waals surface area contributed by atoms with Crippen LogP contribution in [-0.2, 0) is 22.4 Å². The molecule has 0 aliphatic carbocycles. The van der Waals surface area contributed by atoms with Crippen molar-refractivity contribution < 1.29 is 9.59 Å². The van der Waals surface area contributed by atoms with E-state index in [2.05, 4.69) is 45.5 Å². The molecule has 0 saturated carbocycles. The van der Waals surface area contributed by atoms with Gasteiger partial charge in [-0.1, -0.05) is 53.0 Å². The summed E-state index contributed by atoms with van der Waals surface area (Å²) < 4.78 is 0. The Hall–Kier alpha value is -1.16. The molecule has 1 aromatic rings. The largest absolute Gasteiger partial charge is 0.353 e. The van der Waals surface area contributed by atoms with Crippen LogP contribution < -0.4 is 5.32 Å². The molecule has 0 radical (unpaired) electrons. The summed E-state index contributed by atoms with van der Waals surface area (Å²) in [4.78, 5) is 22.6. The maximum atomic E-state index is 11.5. The van der Waals surface area contributed by atoms with Gasteiger partial charge in [-0.05, 0) is 49.7 Å². The molecule has 0 bridgehead atoms. The molecule has 1 aromatic carbocycles. The predicted octanol–water partition coefficient (Wildman–Crippen LogP) is 4.21. The van der Waals surface area contributed by atoms with Crippen LogP contribution in [0.25, 0.3) is 0 Å². The summed E-state index contributed by atoms with van der Waals surface area (Å²) in [6.07, 6.45) is 9.23. The minimum atomic E-state index is -0.478. The zero-order chi connectivity index (χ0) is 16.9. The molecule has 0 aliphatic rings. The fourth-order valence-corrected chi connectivity index (χ4v) is 3.06. The number of hydrogen-bond donors (Lipinski definition) is 1. The number of hydrogen-bond acceptors (Lipinski definition) is 2. The lowest BCUT2D eigenvalue weighted by Crippen LogP contribution is -2.27. The number of aryl methyl sites for hydroxylation is 2. The number of likely N-dealkylation sites (N-methyl/N-ethyl adjacent to an activating group) is 1. The Morgan fingerprint density at radius 3 is 2.04 bits per heavy atom. The summed E-state index contributed by atoms with van der Waals surface area (Å²) in [5.41, 5.74) is 2.82. The van der Waals surface area contributed by atoms with Crippen molar-refractivity contribution in [3.05, 3.63) is 35.4 Å². The number of carbonyl (C=O) groups is 2. The average Bonchev–Trinajstić information content (AvgIpc) is 2.58. The Labute approximate surface area is 148 Å². The smallest absolute Gasteiger partial charge is 0.287 e. The predicted molar refractivity (Wildman–Crippen MR) is 99.0 cm³/mol. The van der Waals surface area contributed by atoms with Crippen LogP contribution in [0.3, 0.4) is 0 Å². The van der Waals surface area contributed by atoms with Gasteiger partial charge in [0.25, 0.3) is 5.91 Å². The van der Waals surface area contributed by atoms with E-state index in [1.54, 1.807) is 0 Å². The van der Waals surface area contributed by atoms with Crippen molar-refractivity contribution in [3.8, 4) is 0 Å². The minimum Gasteiger partial charge on any atom is -0.353 e. The molecular weight excluding hydrogens is 354 g/mol. The zero-order valence-electron chi connectivity index (χ0n) is 14.1. The Bertz CT molecular complexity index is 488. The van der Waals surface area contributed by atoms with Gasteiger partial charge in [-0.25, -0.2) is 0 Å². The third-order valence-electron chi connectivity index (χ3n) is 4.03. The first kappa shape index (κ1) is 19.9. The summed E-state index contributed by atoms with van der Waals surface area (Å²) in [6, 6.07) is 8.59. The van der Waals surface area contributed by atoms with Crippen molar-refractivity contribution in [2.45, 2.75) is 57.8 Å². The van der Waals surface area contributed by atoms with E-state index in [1.165, 1.54) is 43.9 Å². The van der Waals surface area contributed by atoms with E-state index < -0.39 is 5.91 Å². The van der Waals surface area contributed by atoms with Gasteiger partial charge in [-0.3, -0.25) is 9.59 Å². The van der Waals surface area contributed by atoms with Gasteiger partial charge in [0, 0.05) is 18.8 Å². The van der Waals surface area contributed by atoms with Crippen molar-refractivity contribution in [2.75, 3.05) is 12.4 Å². The Morgan fingerprint density at radius 1 is 0.913 bits per heavy atom. The van der Waals surface area contributed by atoms with Crippen LogP contribution in [0.4, 0.5) is 0 Å². The first-order chi connectivity index (χ1) is 11.2. The molecule has 1 amide bonds. The van der Waals surface area contributed by atoms with Crippen molar-refractivity contribution in [3.63, 3.8) is 0 Å². The monoisotopic (exact) mass is 381 g/mol. The normalized spacial score (nSPS) is 10.5. The fourth-order valence-electron chi connectivity index (χ4n) is 2.66. The Balaban J connectivity index is 2.33. The molecule has 0 atom stereocenters. The highest BCUT2D eigenvalue weighted by atomic mass is 79.9. The number of amides is 1. The molecule has 128 valence electrons. The molecule has 1 N–H and O–H groups in total. The highest BCUT2D eigenvalue weighted by Crippen LogP contribution is 2.16. The van der Waals surface area contributed by atoms with Gasteiger partial charge in [-0.2, -0.15) is 0 Å². The Morgan fingerprint density at radius 2 is 1.48 bits per heavy atom. The molecule has 0 heterocycles. The third kappa shape index (κ3) is 8.31. The number of benzene rings is 1. The quantitative estimate of drug-likeness (QED) is 0.334. The summed E-state index contributed by atoms with van der Waals surface area (Å²) in [6.45, 7) is 0. The molecule has 3 nitrogen and oxygen atoms in total. The van der Waals surface area contributed by atoms with E-state index in [1.807, 2.05) is 0 Å². The van der Waals surface area contributed by atoms with Crippen LogP contribution in [0.2, 0.25) is 0 Å². The molecule has 4 heteroatoms. The number of Topliss-reactive ketones (excluding diaryl/α,β-unsaturated/α-hetero) is 1. The first-order valence-electron chi connectivity index (χ1n) is 8.56. The molecule has 0 aromatic heterocycles. The van der Waals surface area contributed by atoms with Crippen LogP contribution >= 0.6 is 15.9 Å². The number of nitrogens with one attached hydrogen (secondary N) is 1. The summed E-state index contributed by atoms with van der Waals surface area (Å²) in [5, 5.41) is 3.47. The number of unbranched alkanes of at least 4 members (excludes halogenated alkanes) is 4. The zero-order valence-corrected chi connectivity index (χ0v) is 15.7. The second kappa shape index (κ2) is 12.3. The van der Waals surface area contributed by atoms with E-state index in [0.717, 1.165) is 31.0 Å². The molecule has 0 spiro atoms. The van der Waals surface area contributed by atoms with Crippen molar-refractivity contribution in [2.24, 2.45) is 0 Å². The fraction of sp³-hybridized carbons (Fsp3) is 0.579. The van der Waals surface area contributed by atoms with Crippen LogP contribution in [0.15, 0.2) is 24.3 Å². The van der Waals surface area contributed by atoms with Crippen LogP contribution in [-0.4, -0.2) is 24.1 Å². The summed E-state index contributed by atoms with van der Waals surface area (Å²) >= 11 is 3.47. The molecule has 23 heavy (non-hydrogen) atoms. The topological polar surface area (TPSA) is 46.2 Å². The second-order valence-corrected chi connectivity index (χ2v) is 6.62. The van der Waals surface area contributed by atoms with Gasteiger partial charge in [0.05, 0.1) is 0 Å². The lowest BCUT2D eigenvalue weighted by molar-refractivity contribution is -0.137. The summed E-state index contributed by atoms with van der Waals surface area (Å²) in [5.74, 6) is -0.790. The highest BCUT2D eigenvalue weighted by molar-refractivity contribution is 9.09. The van der Waals surface area contributed by atoms with E-state index in [-0.39, 0.29) is 5.78 Å². The molecular formula is C19H28BrNO2. The molecule has 0 fully saturated rings. The third-order valence-corrected chi connectivity index (χ3v) is 4.59. The highest BCUT2D eigenvalue weighted by Gasteiger charge is 2.10. The van der Waals surface area contributed by atoms with Gasteiger partial charge in [-0.15, -0.1) is 0 Å². The van der Waals surface area contributed by atoms with Gasteiger partial charge >= 0.3 is 0 Å². The second-order valence-electron chi connectivity index (χ2n) is 5.83. The SMILES string of the molecule is CNC(=O)C(=O)CCCCc1ccccc1CCCCCCBr. The Kier molecular flexibility index (Phi) is 10.6. The lowest BCUT2D eigenvalue weighted by Gasteiger charge is -2.09. The molecule has 0 unspecified atom stereocenters. The summed E-state index contributed by atoms with van der Waals surface area (Å²) in [7, 11) is 1.49. The first-order valence-corrected chi connectivity index (χ1v) is 9.68. The molecule has 1 rings (SSSR count). The van der Waals surface area contributed by atoms with Gasteiger partial charge in [0.15, 0.2) is 0 Å². The number of ketones is 1. The lowest BCUT2D eigenvalue weighted by atomic mass is 9.96. The van der Waals surface area contributed by atoms with Gasteiger partial charge in [0.1, 0.15) is 0 Å². The van der Waals surface area contributed by atoms with E-state index >= 15 is 0 Å². The number of alkyl halides is 1. The standard InChI is InChI=1S/C19H28BrNO2/c1-21-19(23)18(22)14-8-7-13-17-12-6-5-11-16(17)10-4-2-3-9-15-20/h5-6,11-12H,2-4,7-10,13-15H2,1H3,(H,21,23). The number of halogens is 1. The maximum absolute atomic E-state index is 11.5. The van der Waals surface area contributed by atoms with Crippen molar-refractivity contribution >= 4 is 27.6 Å². The maximum Gasteiger partial charge on any atom is 0.287 e.